The minimum absolute atomic E-state index is 0.764. The fourth-order valence-electron chi connectivity index (χ4n) is 4.01. The largest absolute Gasteiger partial charge is 0.179 e. The molecule has 2 rings (SSSR count). The second kappa shape index (κ2) is 32.8. The van der Waals surface area contributed by atoms with Crippen LogP contribution in [-0.4, -0.2) is 74.3 Å². The quantitative estimate of drug-likeness (QED) is 0.0714. The standard InChI is InChI=1S/C16H32S6.C8H12.C5H12S2/c17-6-9-20-12-11-19-8-5-15-1-3-16(4-2-15)22-14-13-21-10-7-18;1-2-8-6-4-3-5-7-8;1-2-4-7-5-3-6/h15-18H,1-14H2;2-4,8H,1,5-7H2;6H,2-5H2,1H3. The predicted octanol–water partition coefficient (Wildman–Crippen LogP) is 10.3. The van der Waals surface area contributed by atoms with Crippen LogP contribution in [0.25, 0.3) is 0 Å². The predicted molar refractivity (Wildman–Crippen MR) is 201 cm³/mol. The van der Waals surface area contributed by atoms with Crippen LogP contribution in [0.4, 0.5) is 0 Å². The van der Waals surface area contributed by atoms with Crippen LogP contribution in [0, 0.1) is 11.8 Å². The maximum Gasteiger partial charge on any atom is 0.00475 e. The van der Waals surface area contributed by atoms with E-state index in [1.54, 1.807) is 0 Å². The van der Waals surface area contributed by atoms with Crippen LogP contribution in [-0.2, 0) is 0 Å². The summed E-state index contributed by atoms with van der Waals surface area (Å²) in [6.45, 7) is 5.95. The minimum Gasteiger partial charge on any atom is -0.179 e. The Balaban J connectivity index is 0.000000699. The molecule has 0 amide bonds. The Morgan fingerprint density at radius 3 is 1.76 bits per heavy atom. The zero-order valence-corrected chi connectivity index (χ0v) is 30.2. The van der Waals surface area contributed by atoms with E-state index in [1.165, 1.54) is 110 Å². The molecular weight excluding hydrogens is 605 g/mol. The molecule has 0 nitrogen and oxygen atoms in total. The Hall–Kier alpha value is 2.28. The fourth-order valence-corrected chi connectivity index (χ4v) is 9.90. The number of thiol groups is 3. The third-order valence-electron chi connectivity index (χ3n) is 6.12. The molecule has 2 aliphatic carbocycles. The van der Waals surface area contributed by atoms with Crippen LogP contribution in [0.5, 0.6) is 0 Å². The van der Waals surface area contributed by atoms with E-state index < -0.39 is 0 Å². The topological polar surface area (TPSA) is 0 Å². The number of allylic oxidation sites excluding steroid dienone is 3. The first-order valence-corrected chi connectivity index (χ1v) is 21.8. The molecule has 1 saturated carbocycles. The molecule has 1 atom stereocenters. The average molecular weight is 661 g/mol. The molecule has 0 bridgehead atoms. The van der Waals surface area contributed by atoms with Gasteiger partial charge in [-0.25, -0.2) is 0 Å². The van der Waals surface area contributed by atoms with Crippen molar-refractivity contribution in [3.63, 3.8) is 0 Å². The number of thioether (sulfide) groups is 5. The van der Waals surface area contributed by atoms with Gasteiger partial charge in [-0.2, -0.15) is 96.7 Å². The summed E-state index contributed by atoms with van der Waals surface area (Å²) in [5.74, 6) is 16.4. The lowest BCUT2D eigenvalue weighted by molar-refractivity contribution is 0.358. The van der Waals surface area contributed by atoms with Gasteiger partial charge in [-0.15, -0.1) is 6.58 Å². The van der Waals surface area contributed by atoms with E-state index >= 15 is 0 Å². The molecule has 0 aromatic rings. The molecule has 0 aromatic carbocycles. The second-order valence-electron chi connectivity index (χ2n) is 9.20. The fraction of sp³-hybridized carbons (Fsp3) is 0.862. The summed E-state index contributed by atoms with van der Waals surface area (Å²) in [5, 5.41) is 0.957. The van der Waals surface area contributed by atoms with Gasteiger partial charge < -0.3 is 0 Å². The van der Waals surface area contributed by atoms with Crippen molar-refractivity contribution in [1.82, 2.24) is 0 Å². The van der Waals surface area contributed by atoms with Gasteiger partial charge in [0.05, 0.1) is 0 Å². The molecule has 0 spiro atoms. The monoisotopic (exact) mass is 660 g/mol. The maximum absolute atomic E-state index is 4.26. The molecule has 220 valence electrons. The molecule has 1 fully saturated rings. The zero-order chi connectivity index (χ0) is 27.2. The lowest BCUT2D eigenvalue weighted by Crippen LogP contribution is -2.17. The average Bonchev–Trinajstić information content (AvgIpc) is 2.94. The number of hydrogen-bond donors (Lipinski definition) is 3. The summed E-state index contributed by atoms with van der Waals surface area (Å²) >= 11 is 23.0. The summed E-state index contributed by atoms with van der Waals surface area (Å²) in [6, 6.07) is 0. The third-order valence-corrected chi connectivity index (χ3v) is 13.8. The first-order chi connectivity index (χ1) is 18.2. The molecule has 0 aromatic heterocycles. The van der Waals surface area contributed by atoms with Gasteiger partial charge in [0.2, 0.25) is 0 Å². The summed E-state index contributed by atoms with van der Waals surface area (Å²) in [6.07, 6.45) is 19.0. The summed E-state index contributed by atoms with van der Waals surface area (Å²) in [7, 11) is 0. The Kier molecular flexibility index (Phi) is 34.8. The first kappa shape index (κ1) is 39.3. The molecule has 0 radical (unpaired) electrons. The molecule has 0 aliphatic heterocycles. The van der Waals surface area contributed by atoms with Gasteiger partial charge in [0.15, 0.2) is 0 Å². The second-order valence-corrected chi connectivity index (χ2v) is 16.9. The first-order valence-electron chi connectivity index (χ1n) is 14.2. The van der Waals surface area contributed by atoms with Gasteiger partial charge in [0.1, 0.15) is 0 Å². The highest BCUT2D eigenvalue weighted by molar-refractivity contribution is 8.03. The smallest absolute Gasteiger partial charge is 0.00475 e. The van der Waals surface area contributed by atoms with Crippen molar-refractivity contribution in [3.8, 4) is 0 Å². The lowest BCUT2D eigenvalue weighted by Gasteiger charge is -2.28. The lowest BCUT2D eigenvalue weighted by atomic mass is 9.87. The Morgan fingerprint density at radius 2 is 1.27 bits per heavy atom. The van der Waals surface area contributed by atoms with E-state index in [0.717, 1.165) is 34.3 Å². The molecule has 0 saturated heterocycles. The molecule has 0 N–H and O–H groups in total. The molecule has 2 aliphatic rings. The van der Waals surface area contributed by atoms with Gasteiger partial charge in [0.25, 0.3) is 0 Å². The Labute approximate surface area is 270 Å². The van der Waals surface area contributed by atoms with Gasteiger partial charge in [0, 0.05) is 45.5 Å². The zero-order valence-electron chi connectivity index (χ0n) is 23.4. The van der Waals surface area contributed by atoms with Crippen LogP contribution >= 0.6 is 96.7 Å². The Bertz CT molecular complexity index is 477. The third kappa shape index (κ3) is 28.2. The summed E-state index contributed by atoms with van der Waals surface area (Å²) in [4.78, 5) is 0. The molecule has 1 unspecified atom stereocenters. The van der Waals surface area contributed by atoms with Gasteiger partial charge in [-0.3, -0.25) is 0 Å². The SMILES string of the molecule is C=CC1CC=CCC1.CCCSCCS.SCCSCCSCCC1CCC(SCCSCCS)CC1. The highest BCUT2D eigenvalue weighted by Gasteiger charge is 2.20. The normalized spacial score (nSPS) is 20.9. The molecule has 8 heteroatoms. The number of rotatable bonds is 19. The molecular formula is C29H56S8. The summed E-state index contributed by atoms with van der Waals surface area (Å²) in [5.41, 5.74) is 0. The van der Waals surface area contributed by atoms with Crippen LogP contribution < -0.4 is 0 Å². The van der Waals surface area contributed by atoms with Gasteiger partial charge >= 0.3 is 0 Å². The number of hydrogen-bond acceptors (Lipinski definition) is 8. The van der Waals surface area contributed by atoms with E-state index in [1.807, 2.05) is 23.5 Å². The van der Waals surface area contributed by atoms with Crippen LogP contribution in [0.15, 0.2) is 24.8 Å². The maximum atomic E-state index is 4.26. The highest BCUT2D eigenvalue weighted by Crippen LogP contribution is 2.34. The van der Waals surface area contributed by atoms with Crippen molar-refractivity contribution in [3.05, 3.63) is 24.8 Å². The van der Waals surface area contributed by atoms with E-state index in [9.17, 15) is 0 Å². The van der Waals surface area contributed by atoms with Crippen molar-refractivity contribution in [2.75, 3.05) is 69.0 Å². The minimum atomic E-state index is 0.764. The molecule has 0 heterocycles. The van der Waals surface area contributed by atoms with E-state index in [2.05, 4.69) is 105 Å². The van der Waals surface area contributed by atoms with Gasteiger partial charge in [-0.1, -0.05) is 25.2 Å². The van der Waals surface area contributed by atoms with E-state index in [-0.39, 0.29) is 0 Å². The Morgan fingerprint density at radius 1 is 0.703 bits per heavy atom. The van der Waals surface area contributed by atoms with Crippen molar-refractivity contribution in [2.24, 2.45) is 11.8 Å². The van der Waals surface area contributed by atoms with Crippen LogP contribution in [0.3, 0.4) is 0 Å². The van der Waals surface area contributed by atoms with E-state index in [0.29, 0.717) is 0 Å². The highest BCUT2D eigenvalue weighted by atomic mass is 32.2. The van der Waals surface area contributed by atoms with Crippen LogP contribution in [0.2, 0.25) is 0 Å². The van der Waals surface area contributed by atoms with Crippen molar-refractivity contribution >= 4 is 96.7 Å². The van der Waals surface area contributed by atoms with Crippen molar-refractivity contribution in [2.45, 2.75) is 70.0 Å². The van der Waals surface area contributed by atoms with Gasteiger partial charge in [-0.05, 0) is 98.4 Å². The van der Waals surface area contributed by atoms with E-state index in [4.69, 9.17) is 0 Å². The van der Waals surface area contributed by atoms with Crippen molar-refractivity contribution < 1.29 is 0 Å². The summed E-state index contributed by atoms with van der Waals surface area (Å²) < 4.78 is 0. The van der Waals surface area contributed by atoms with Crippen LogP contribution in [0.1, 0.15) is 64.7 Å². The molecule has 37 heavy (non-hydrogen) atoms. The van der Waals surface area contributed by atoms with Crippen molar-refractivity contribution in [1.29, 1.82) is 0 Å².